The first-order valence-corrected chi connectivity index (χ1v) is 6.98. The van der Waals surface area contributed by atoms with E-state index in [0.29, 0.717) is 23.0 Å². The van der Waals surface area contributed by atoms with Gasteiger partial charge in [0.2, 0.25) is 5.91 Å². The van der Waals surface area contributed by atoms with E-state index in [2.05, 4.69) is 20.9 Å². The van der Waals surface area contributed by atoms with Crippen LogP contribution in [0.5, 0.6) is 0 Å². The van der Waals surface area contributed by atoms with E-state index in [4.69, 9.17) is 23.2 Å². The second-order valence-corrected chi connectivity index (χ2v) is 5.24. The third-order valence-electron chi connectivity index (χ3n) is 2.89. The Kier molecular flexibility index (Phi) is 5.03. The molecule has 20 heavy (non-hydrogen) atoms. The molecule has 1 unspecified atom stereocenters. The molecule has 0 saturated carbocycles. The number of carbonyl (C=O) groups excluding carboxylic acids is 2. The van der Waals surface area contributed by atoms with E-state index in [9.17, 15) is 9.59 Å². The first-order chi connectivity index (χ1) is 9.56. The van der Waals surface area contributed by atoms with Gasteiger partial charge in [0.05, 0.1) is 10.0 Å². The topological polar surface area (TPSA) is 83.1 Å². The number of hydrogen-bond acceptors (Lipinski definition) is 3. The number of hydrogen-bond donors (Lipinski definition) is 3. The van der Waals surface area contributed by atoms with Crippen LogP contribution in [0, 0.1) is 0 Å². The summed E-state index contributed by atoms with van der Waals surface area (Å²) in [5.41, 5.74) is 0. The molecule has 1 aliphatic heterocycles. The highest BCUT2D eigenvalue weighted by molar-refractivity contribution is 6.42. The Morgan fingerprint density at radius 2 is 2.15 bits per heavy atom. The molecule has 0 aliphatic carbocycles. The molecule has 1 aromatic heterocycles. The first kappa shape index (κ1) is 14.9. The lowest BCUT2D eigenvalue weighted by Gasteiger charge is -2.15. The second kappa shape index (κ2) is 6.76. The Hall–Kier alpha value is -1.53. The van der Waals surface area contributed by atoms with Crippen molar-refractivity contribution in [2.24, 2.45) is 0 Å². The molecule has 108 valence electrons. The van der Waals surface area contributed by atoms with Crippen molar-refractivity contribution >= 4 is 41.0 Å². The van der Waals surface area contributed by atoms with Crippen LogP contribution in [-0.2, 0) is 4.79 Å². The van der Waals surface area contributed by atoms with Gasteiger partial charge in [-0.3, -0.25) is 10.1 Å². The molecule has 1 fully saturated rings. The second-order valence-electron chi connectivity index (χ2n) is 4.42. The Bertz CT molecular complexity index is 524. The molecular weight excluding hydrogens is 303 g/mol. The lowest BCUT2D eigenvalue weighted by Crippen LogP contribution is -2.47. The summed E-state index contributed by atoms with van der Waals surface area (Å²) in [6, 6.07) is 0.412. The number of pyridine rings is 1. The Morgan fingerprint density at radius 1 is 1.35 bits per heavy atom. The van der Waals surface area contributed by atoms with Crippen molar-refractivity contribution in [1.82, 2.24) is 15.6 Å². The SMILES string of the molecule is O=C(Nc1cc(Cl)c(Cl)cn1)NC1CCCCNC1=O. The zero-order valence-corrected chi connectivity index (χ0v) is 12.1. The van der Waals surface area contributed by atoms with Gasteiger partial charge in [-0.15, -0.1) is 0 Å². The molecule has 1 aliphatic rings. The minimum atomic E-state index is -0.528. The first-order valence-electron chi connectivity index (χ1n) is 6.22. The number of carbonyl (C=O) groups is 2. The van der Waals surface area contributed by atoms with Gasteiger partial charge in [0, 0.05) is 18.8 Å². The van der Waals surface area contributed by atoms with E-state index < -0.39 is 12.1 Å². The standard InChI is InChI=1S/C12H14Cl2N4O2/c13-7-5-10(16-6-8(7)14)18-12(20)17-9-3-1-2-4-15-11(9)19/h5-6,9H,1-4H2,(H,15,19)(H2,16,17,18,20). The fraction of sp³-hybridized carbons (Fsp3) is 0.417. The zero-order valence-electron chi connectivity index (χ0n) is 10.6. The number of nitrogens with one attached hydrogen (secondary N) is 3. The molecule has 0 spiro atoms. The molecule has 1 atom stereocenters. The van der Waals surface area contributed by atoms with Crippen LogP contribution < -0.4 is 16.0 Å². The summed E-state index contributed by atoms with van der Waals surface area (Å²) in [7, 11) is 0. The van der Waals surface area contributed by atoms with Crippen LogP contribution in [0.15, 0.2) is 12.3 Å². The maximum Gasteiger partial charge on any atom is 0.321 e. The van der Waals surface area contributed by atoms with Gasteiger partial charge in [0.1, 0.15) is 11.9 Å². The van der Waals surface area contributed by atoms with Gasteiger partial charge < -0.3 is 10.6 Å². The smallest absolute Gasteiger partial charge is 0.321 e. The molecule has 6 nitrogen and oxygen atoms in total. The third kappa shape index (κ3) is 3.98. The Balaban J connectivity index is 1.94. The number of halogens is 2. The molecular formula is C12H14Cl2N4O2. The Labute approximate surface area is 126 Å². The summed E-state index contributed by atoms with van der Waals surface area (Å²) in [5, 5.41) is 8.47. The lowest BCUT2D eigenvalue weighted by molar-refractivity contribution is -0.122. The third-order valence-corrected chi connectivity index (χ3v) is 3.60. The number of nitrogens with zero attached hydrogens (tertiary/aromatic N) is 1. The minimum Gasteiger partial charge on any atom is -0.354 e. The normalized spacial score (nSPS) is 18.9. The van der Waals surface area contributed by atoms with Gasteiger partial charge in [0.15, 0.2) is 0 Å². The van der Waals surface area contributed by atoms with Crippen LogP contribution in [0.25, 0.3) is 0 Å². The molecule has 0 aromatic carbocycles. The molecule has 1 saturated heterocycles. The predicted molar refractivity (Wildman–Crippen MR) is 77.1 cm³/mol. The van der Waals surface area contributed by atoms with Gasteiger partial charge in [0.25, 0.3) is 0 Å². The van der Waals surface area contributed by atoms with Crippen molar-refractivity contribution in [2.75, 3.05) is 11.9 Å². The summed E-state index contributed by atoms with van der Waals surface area (Å²) < 4.78 is 0. The summed E-state index contributed by atoms with van der Waals surface area (Å²) in [6.45, 7) is 0.646. The minimum absolute atomic E-state index is 0.167. The molecule has 2 rings (SSSR count). The van der Waals surface area contributed by atoms with E-state index in [1.165, 1.54) is 12.3 Å². The highest BCUT2D eigenvalue weighted by Gasteiger charge is 2.22. The van der Waals surface area contributed by atoms with E-state index >= 15 is 0 Å². The van der Waals surface area contributed by atoms with Gasteiger partial charge in [-0.2, -0.15) is 0 Å². The highest BCUT2D eigenvalue weighted by atomic mass is 35.5. The van der Waals surface area contributed by atoms with Crippen molar-refractivity contribution in [3.63, 3.8) is 0 Å². The molecule has 3 amide bonds. The van der Waals surface area contributed by atoms with E-state index in [-0.39, 0.29) is 11.7 Å². The van der Waals surface area contributed by atoms with E-state index in [0.717, 1.165) is 12.8 Å². The van der Waals surface area contributed by atoms with Crippen molar-refractivity contribution in [3.05, 3.63) is 22.3 Å². The average molecular weight is 317 g/mol. The van der Waals surface area contributed by atoms with Gasteiger partial charge >= 0.3 is 6.03 Å². The summed E-state index contributed by atoms with van der Waals surface area (Å²) in [6.07, 6.45) is 3.76. The van der Waals surface area contributed by atoms with Crippen LogP contribution in [0.1, 0.15) is 19.3 Å². The molecule has 2 heterocycles. The highest BCUT2D eigenvalue weighted by Crippen LogP contribution is 2.22. The van der Waals surface area contributed by atoms with Crippen LogP contribution in [0.2, 0.25) is 10.0 Å². The summed E-state index contributed by atoms with van der Waals surface area (Å²) in [4.78, 5) is 27.4. The number of aromatic nitrogens is 1. The summed E-state index contributed by atoms with van der Waals surface area (Å²) in [5.74, 6) is 0.102. The van der Waals surface area contributed by atoms with Crippen LogP contribution in [0.3, 0.4) is 0 Å². The van der Waals surface area contributed by atoms with Gasteiger partial charge in [-0.25, -0.2) is 9.78 Å². The fourth-order valence-corrected chi connectivity index (χ4v) is 2.13. The van der Waals surface area contributed by atoms with Crippen molar-refractivity contribution in [3.8, 4) is 0 Å². The molecule has 8 heteroatoms. The number of amides is 3. The molecule has 0 bridgehead atoms. The van der Waals surface area contributed by atoms with Crippen LogP contribution in [-0.4, -0.2) is 29.5 Å². The van der Waals surface area contributed by atoms with Crippen molar-refractivity contribution in [1.29, 1.82) is 0 Å². The Morgan fingerprint density at radius 3 is 2.90 bits per heavy atom. The lowest BCUT2D eigenvalue weighted by atomic mass is 10.1. The van der Waals surface area contributed by atoms with Crippen LogP contribution in [0.4, 0.5) is 10.6 Å². The number of rotatable bonds is 2. The van der Waals surface area contributed by atoms with E-state index in [1.54, 1.807) is 0 Å². The zero-order chi connectivity index (χ0) is 14.5. The van der Waals surface area contributed by atoms with Gasteiger partial charge in [-0.1, -0.05) is 23.2 Å². The monoisotopic (exact) mass is 316 g/mol. The van der Waals surface area contributed by atoms with Crippen molar-refractivity contribution < 1.29 is 9.59 Å². The molecule has 1 aromatic rings. The number of urea groups is 1. The van der Waals surface area contributed by atoms with Crippen LogP contribution >= 0.6 is 23.2 Å². The maximum atomic E-state index is 11.8. The van der Waals surface area contributed by atoms with Crippen molar-refractivity contribution in [2.45, 2.75) is 25.3 Å². The largest absolute Gasteiger partial charge is 0.354 e. The van der Waals surface area contributed by atoms with E-state index in [1.807, 2.05) is 0 Å². The molecule has 0 radical (unpaired) electrons. The maximum absolute atomic E-state index is 11.8. The summed E-state index contributed by atoms with van der Waals surface area (Å²) >= 11 is 11.6. The fourth-order valence-electron chi connectivity index (χ4n) is 1.87. The quantitative estimate of drug-likeness (QED) is 0.782. The molecule has 3 N–H and O–H groups in total. The average Bonchev–Trinajstić information content (AvgIpc) is 2.59. The predicted octanol–water partition coefficient (Wildman–Crippen LogP) is 2.18. The van der Waals surface area contributed by atoms with Gasteiger partial charge in [-0.05, 0) is 19.3 Å². The number of anilines is 1.